The Morgan fingerprint density at radius 3 is 2.42 bits per heavy atom. The third-order valence-electron chi connectivity index (χ3n) is 2.78. The normalized spacial score (nSPS) is 29.2. The van der Waals surface area contributed by atoms with Gasteiger partial charge in [0, 0.05) is 5.92 Å². The Bertz CT molecular complexity index is 163. The summed E-state index contributed by atoms with van der Waals surface area (Å²) in [4.78, 5) is 4.48. The summed E-state index contributed by atoms with van der Waals surface area (Å²) in [7, 11) is 0. The molecule has 0 amide bonds. The van der Waals surface area contributed by atoms with E-state index in [1.165, 1.54) is 0 Å². The maximum atomic E-state index is 8.73. The molecule has 1 N–H and O–H groups in total. The maximum absolute atomic E-state index is 8.73. The highest BCUT2D eigenvalue weighted by Crippen LogP contribution is 2.41. The number of hydrogen-bond donors (Lipinski definition) is 1. The molecule has 3 nitrogen and oxygen atoms in total. The summed E-state index contributed by atoms with van der Waals surface area (Å²) in [5, 5.41) is 8.73. The Labute approximate surface area is 73.6 Å². The summed E-state index contributed by atoms with van der Waals surface area (Å²) in [6, 6.07) is 0. The molecule has 1 atom stereocenters. The zero-order chi connectivity index (χ0) is 9.41. The molecule has 0 bridgehead atoms. The quantitative estimate of drug-likeness (QED) is 0.513. The van der Waals surface area contributed by atoms with Crippen LogP contribution in [0.2, 0.25) is 0 Å². The van der Waals surface area contributed by atoms with Crippen LogP contribution in [0.5, 0.6) is 0 Å². The lowest BCUT2D eigenvalue weighted by molar-refractivity contribution is -0.331. The average Bonchev–Trinajstić information content (AvgIpc) is 2.30. The van der Waals surface area contributed by atoms with Gasteiger partial charge in [-0.1, -0.05) is 13.8 Å². The standard InChI is InChI=1S/C9H18O3/c1-8(2)6-11-5-7(8)9(3,4)12-10/h7,10H,5-6H2,1-4H3. The fourth-order valence-corrected chi connectivity index (χ4v) is 1.97. The van der Waals surface area contributed by atoms with Crippen LogP contribution < -0.4 is 0 Å². The van der Waals surface area contributed by atoms with Crippen LogP contribution in [0.25, 0.3) is 0 Å². The molecule has 1 fully saturated rings. The van der Waals surface area contributed by atoms with Crippen LogP contribution in [0.4, 0.5) is 0 Å². The van der Waals surface area contributed by atoms with Gasteiger partial charge in [-0.2, -0.15) is 0 Å². The van der Waals surface area contributed by atoms with Crippen molar-refractivity contribution in [1.29, 1.82) is 0 Å². The van der Waals surface area contributed by atoms with E-state index >= 15 is 0 Å². The molecular weight excluding hydrogens is 156 g/mol. The Morgan fingerprint density at radius 2 is 2.08 bits per heavy atom. The fourth-order valence-electron chi connectivity index (χ4n) is 1.97. The third-order valence-corrected chi connectivity index (χ3v) is 2.78. The van der Waals surface area contributed by atoms with Gasteiger partial charge in [0.1, 0.15) is 5.60 Å². The second-order valence-electron chi connectivity index (χ2n) is 4.75. The van der Waals surface area contributed by atoms with Crippen LogP contribution in [0.3, 0.4) is 0 Å². The van der Waals surface area contributed by atoms with Crippen molar-refractivity contribution in [2.45, 2.75) is 33.3 Å². The maximum Gasteiger partial charge on any atom is 0.103 e. The predicted octanol–water partition coefficient (Wildman–Crippen LogP) is 1.93. The fraction of sp³-hybridized carbons (Fsp3) is 1.00. The Kier molecular flexibility index (Phi) is 2.47. The molecule has 1 unspecified atom stereocenters. The first-order valence-electron chi connectivity index (χ1n) is 4.30. The molecule has 72 valence electrons. The molecule has 0 aliphatic carbocycles. The molecule has 0 spiro atoms. The van der Waals surface area contributed by atoms with Crippen LogP contribution >= 0.6 is 0 Å². The van der Waals surface area contributed by atoms with Crippen molar-refractivity contribution in [2.75, 3.05) is 13.2 Å². The molecule has 1 aliphatic heterocycles. The zero-order valence-corrected chi connectivity index (χ0v) is 8.26. The Morgan fingerprint density at radius 1 is 1.50 bits per heavy atom. The molecule has 1 aliphatic rings. The van der Waals surface area contributed by atoms with Crippen molar-refractivity contribution in [3.63, 3.8) is 0 Å². The highest BCUT2D eigenvalue weighted by atomic mass is 17.1. The van der Waals surface area contributed by atoms with Gasteiger partial charge < -0.3 is 4.74 Å². The van der Waals surface area contributed by atoms with E-state index in [2.05, 4.69) is 18.7 Å². The summed E-state index contributed by atoms with van der Waals surface area (Å²) < 4.78 is 5.37. The van der Waals surface area contributed by atoms with Gasteiger partial charge in [-0.3, -0.25) is 5.26 Å². The van der Waals surface area contributed by atoms with Crippen molar-refractivity contribution in [3.8, 4) is 0 Å². The van der Waals surface area contributed by atoms with E-state index in [-0.39, 0.29) is 11.3 Å². The molecule has 0 saturated carbocycles. The van der Waals surface area contributed by atoms with E-state index in [1.807, 2.05) is 13.8 Å². The summed E-state index contributed by atoms with van der Waals surface area (Å²) >= 11 is 0. The van der Waals surface area contributed by atoms with E-state index < -0.39 is 5.60 Å². The largest absolute Gasteiger partial charge is 0.380 e. The van der Waals surface area contributed by atoms with E-state index in [1.54, 1.807) is 0 Å². The monoisotopic (exact) mass is 174 g/mol. The van der Waals surface area contributed by atoms with E-state index in [4.69, 9.17) is 9.99 Å². The Hall–Kier alpha value is -0.120. The molecule has 0 aromatic carbocycles. The molecule has 1 rings (SSSR count). The molecular formula is C9H18O3. The summed E-state index contributed by atoms with van der Waals surface area (Å²) in [5.74, 6) is 0.245. The average molecular weight is 174 g/mol. The summed E-state index contributed by atoms with van der Waals surface area (Å²) in [6.07, 6.45) is 0. The summed E-state index contributed by atoms with van der Waals surface area (Å²) in [6.45, 7) is 9.43. The van der Waals surface area contributed by atoms with Gasteiger partial charge in [0.2, 0.25) is 0 Å². The van der Waals surface area contributed by atoms with Gasteiger partial charge in [-0.15, -0.1) is 0 Å². The van der Waals surface area contributed by atoms with Crippen molar-refractivity contribution in [2.24, 2.45) is 11.3 Å². The van der Waals surface area contributed by atoms with Crippen molar-refractivity contribution in [3.05, 3.63) is 0 Å². The molecule has 1 saturated heterocycles. The minimum atomic E-state index is -0.514. The van der Waals surface area contributed by atoms with Crippen LogP contribution in [0.1, 0.15) is 27.7 Å². The first kappa shape index (κ1) is 9.96. The lowest BCUT2D eigenvalue weighted by atomic mass is 9.73. The summed E-state index contributed by atoms with van der Waals surface area (Å²) in [5.41, 5.74) is -0.424. The highest BCUT2D eigenvalue weighted by molar-refractivity contribution is 4.92. The topological polar surface area (TPSA) is 38.7 Å². The first-order chi connectivity index (χ1) is 5.40. The predicted molar refractivity (Wildman–Crippen MR) is 45.9 cm³/mol. The first-order valence-corrected chi connectivity index (χ1v) is 4.30. The second-order valence-corrected chi connectivity index (χ2v) is 4.75. The lowest BCUT2D eigenvalue weighted by Crippen LogP contribution is -2.41. The molecule has 3 heteroatoms. The van der Waals surface area contributed by atoms with Gasteiger partial charge in [-0.05, 0) is 19.3 Å². The molecule has 1 heterocycles. The number of ether oxygens (including phenoxy) is 1. The molecule has 12 heavy (non-hydrogen) atoms. The smallest absolute Gasteiger partial charge is 0.103 e. The van der Waals surface area contributed by atoms with E-state index in [9.17, 15) is 0 Å². The van der Waals surface area contributed by atoms with Gasteiger partial charge in [-0.25, -0.2) is 4.89 Å². The van der Waals surface area contributed by atoms with Gasteiger partial charge in [0.05, 0.1) is 13.2 Å². The molecule has 0 aromatic rings. The van der Waals surface area contributed by atoms with Crippen molar-refractivity contribution >= 4 is 0 Å². The van der Waals surface area contributed by atoms with E-state index in [0.29, 0.717) is 6.61 Å². The SMILES string of the molecule is CC1(C)COCC1C(C)(C)OO. The van der Waals surface area contributed by atoms with Gasteiger partial charge in [0.25, 0.3) is 0 Å². The van der Waals surface area contributed by atoms with Crippen molar-refractivity contribution < 1.29 is 14.9 Å². The van der Waals surface area contributed by atoms with Crippen LogP contribution in [0, 0.1) is 11.3 Å². The number of rotatable bonds is 2. The van der Waals surface area contributed by atoms with Crippen LogP contribution in [-0.2, 0) is 9.62 Å². The highest BCUT2D eigenvalue weighted by Gasteiger charge is 2.46. The number of hydrogen-bond acceptors (Lipinski definition) is 3. The van der Waals surface area contributed by atoms with E-state index in [0.717, 1.165) is 6.61 Å². The third kappa shape index (κ3) is 1.63. The van der Waals surface area contributed by atoms with Crippen LogP contribution in [-0.4, -0.2) is 24.1 Å². The molecule has 0 aromatic heterocycles. The van der Waals surface area contributed by atoms with Crippen molar-refractivity contribution in [1.82, 2.24) is 0 Å². The lowest BCUT2D eigenvalue weighted by Gasteiger charge is -2.35. The van der Waals surface area contributed by atoms with Crippen LogP contribution in [0.15, 0.2) is 0 Å². The van der Waals surface area contributed by atoms with Gasteiger partial charge >= 0.3 is 0 Å². The minimum Gasteiger partial charge on any atom is -0.380 e. The zero-order valence-electron chi connectivity index (χ0n) is 8.26. The Balaban J connectivity index is 2.74. The minimum absolute atomic E-state index is 0.0895. The van der Waals surface area contributed by atoms with Gasteiger partial charge in [0.15, 0.2) is 0 Å². The molecule has 0 radical (unpaired) electrons. The second kappa shape index (κ2) is 2.98.